The first-order chi connectivity index (χ1) is 24.7. The van der Waals surface area contributed by atoms with E-state index < -0.39 is 5.97 Å². The fraction of sp³-hybridized carbons (Fsp3) is 0.500. The van der Waals surface area contributed by atoms with Crippen LogP contribution in [0.1, 0.15) is 60.3 Å². The van der Waals surface area contributed by atoms with Crippen molar-refractivity contribution in [2.24, 2.45) is 17.8 Å². The normalized spacial score (nSPS) is 21.2. The zero-order valence-electron chi connectivity index (χ0n) is 29.4. The molecular formula is C40H48Cl2N2O7. The first-order valence-corrected chi connectivity index (χ1v) is 18.8. The second-order valence-electron chi connectivity index (χ2n) is 14.1. The Labute approximate surface area is 310 Å². The van der Waals surface area contributed by atoms with Crippen LogP contribution in [0.3, 0.4) is 0 Å². The number of carbonyl (C=O) groups excluding carboxylic acids is 1. The number of amides is 1. The third-order valence-corrected chi connectivity index (χ3v) is 10.6. The fourth-order valence-electron chi connectivity index (χ4n) is 7.04. The molecule has 0 spiro atoms. The maximum atomic E-state index is 14.4. The van der Waals surface area contributed by atoms with Crippen molar-refractivity contribution in [1.82, 2.24) is 10.2 Å². The van der Waals surface area contributed by atoms with Crippen LogP contribution in [-0.2, 0) is 27.3 Å². The lowest BCUT2D eigenvalue weighted by atomic mass is 9.80. The Morgan fingerprint density at radius 2 is 1.61 bits per heavy atom. The molecule has 1 saturated heterocycles. The summed E-state index contributed by atoms with van der Waals surface area (Å²) < 4.78 is 23.2. The van der Waals surface area contributed by atoms with Crippen molar-refractivity contribution in [3.8, 4) is 17.2 Å². The number of carboxylic acids is 1. The van der Waals surface area contributed by atoms with Crippen molar-refractivity contribution in [3.63, 3.8) is 0 Å². The van der Waals surface area contributed by atoms with E-state index in [0.29, 0.717) is 61.7 Å². The lowest BCUT2D eigenvalue weighted by Gasteiger charge is -2.36. The molecule has 4 atom stereocenters. The van der Waals surface area contributed by atoms with Gasteiger partial charge in [-0.05, 0) is 117 Å². The van der Waals surface area contributed by atoms with Crippen LogP contribution in [0.5, 0.6) is 17.2 Å². The predicted molar refractivity (Wildman–Crippen MR) is 197 cm³/mol. The summed E-state index contributed by atoms with van der Waals surface area (Å²) in [7, 11) is 1.70. The molecule has 2 saturated carbocycles. The molecule has 3 aromatic carbocycles. The molecule has 0 unspecified atom stereocenters. The van der Waals surface area contributed by atoms with Gasteiger partial charge in [-0.1, -0.05) is 41.4 Å². The van der Waals surface area contributed by atoms with Crippen molar-refractivity contribution >= 4 is 35.1 Å². The van der Waals surface area contributed by atoms with Crippen LogP contribution < -0.4 is 19.5 Å². The van der Waals surface area contributed by atoms with E-state index in [4.69, 9.17) is 42.1 Å². The van der Waals surface area contributed by atoms with Gasteiger partial charge in [-0.25, -0.2) is 0 Å². The number of carboxylic acid groups (broad SMARTS) is 1. The first kappa shape index (κ1) is 37.3. The lowest BCUT2D eigenvalue weighted by Crippen LogP contribution is -2.47. The second-order valence-corrected chi connectivity index (χ2v) is 14.9. The number of rotatable bonds is 18. The third-order valence-electron chi connectivity index (χ3n) is 10.0. The van der Waals surface area contributed by atoms with E-state index in [1.165, 1.54) is 0 Å². The molecule has 2 N–H and O–H groups in total. The quantitative estimate of drug-likeness (QED) is 0.131. The van der Waals surface area contributed by atoms with E-state index in [2.05, 4.69) is 28.4 Å². The van der Waals surface area contributed by atoms with Gasteiger partial charge in [0.2, 0.25) is 5.91 Å². The Balaban J connectivity index is 1.09. The van der Waals surface area contributed by atoms with Crippen molar-refractivity contribution in [1.29, 1.82) is 0 Å². The standard InChI is InChI=1S/C40H48Cl2N2O7/c1-25-16-36(41)38(37(42)17-25)50-15-14-49-31-9-5-28(6-10-31)33-11-12-43-22-35(33)39(45)44(30-7-8-30)23-27-18-26(4-3-13-48-2)19-32(20-27)51-24-29-21-34(29)40(46)47/h5-6,9-10,16-20,29-30,33-35,43H,3-4,7-8,11-15,21-24H2,1-2H3,(H,46,47)/t29-,33-,34-,35+/m1/s1. The van der Waals surface area contributed by atoms with Gasteiger partial charge in [0, 0.05) is 38.8 Å². The number of nitrogens with zero attached hydrogens (tertiary/aromatic N) is 1. The molecule has 3 aromatic rings. The Bertz CT molecular complexity index is 1640. The smallest absolute Gasteiger partial charge is 0.306 e. The van der Waals surface area contributed by atoms with Gasteiger partial charge >= 0.3 is 5.97 Å². The number of piperidine rings is 1. The van der Waals surface area contributed by atoms with Crippen LogP contribution >= 0.6 is 23.2 Å². The van der Waals surface area contributed by atoms with Gasteiger partial charge in [0.25, 0.3) is 0 Å². The molecule has 0 radical (unpaired) electrons. The monoisotopic (exact) mass is 738 g/mol. The molecule has 3 fully saturated rings. The lowest BCUT2D eigenvalue weighted by molar-refractivity contribution is -0.139. The van der Waals surface area contributed by atoms with Crippen molar-refractivity contribution < 1.29 is 33.6 Å². The van der Waals surface area contributed by atoms with Crippen molar-refractivity contribution in [3.05, 3.63) is 86.9 Å². The molecule has 1 heterocycles. The zero-order chi connectivity index (χ0) is 35.9. The largest absolute Gasteiger partial charge is 0.493 e. The summed E-state index contributed by atoms with van der Waals surface area (Å²) in [5, 5.41) is 13.7. The Morgan fingerprint density at radius 3 is 2.29 bits per heavy atom. The Kier molecular flexibility index (Phi) is 12.7. The fourth-order valence-corrected chi connectivity index (χ4v) is 7.75. The van der Waals surface area contributed by atoms with Gasteiger partial charge in [0.15, 0.2) is 5.75 Å². The highest BCUT2D eigenvalue weighted by Gasteiger charge is 2.44. The zero-order valence-corrected chi connectivity index (χ0v) is 30.9. The Hall–Kier alpha value is -3.50. The number of aliphatic carboxylic acids is 1. The minimum atomic E-state index is -0.757. The number of hydrogen-bond acceptors (Lipinski definition) is 7. The summed E-state index contributed by atoms with van der Waals surface area (Å²) in [5.74, 6) is 0.954. The van der Waals surface area contributed by atoms with E-state index in [9.17, 15) is 14.7 Å². The highest BCUT2D eigenvalue weighted by Crippen LogP contribution is 2.40. The van der Waals surface area contributed by atoms with Gasteiger partial charge in [-0.2, -0.15) is 0 Å². The van der Waals surface area contributed by atoms with E-state index in [0.717, 1.165) is 72.4 Å². The molecular weight excluding hydrogens is 691 g/mol. The van der Waals surface area contributed by atoms with E-state index in [-0.39, 0.29) is 35.6 Å². The average Bonchev–Trinajstić information content (AvgIpc) is 4.05. The maximum absolute atomic E-state index is 14.4. The summed E-state index contributed by atoms with van der Waals surface area (Å²) in [5.41, 5.74) is 4.25. The molecule has 9 nitrogen and oxygen atoms in total. The second kappa shape index (κ2) is 17.3. The maximum Gasteiger partial charge on any atom is 0.306 e. The summed E-state index contributed by atoms with van der Waals surface area (Å²) in [6.07, 6.45) is 5.23. The molecule has 2 aliphatic carbocycles. The van der Waals surface area contributed by atoms with Gasteiger partial charge in [-0.3, -0.25) is 9.59 Å². The molecule has 51 heavy (non-hydrogen) atoms. The van der Waals surface area contributed by atoms with Crippen LogP contribution in [0, 0.1) is 24.7 Å². The number of benzene rings is 3. The van der Waals surface area contributed by atoms with Gasteiger partial charge in [0.05, 0.1) is 28.5 Å². The van der Waals surface area contributed by atoms with E-state index >= 15 is 0 Å². The number of hydrogen-bond donors (Lipinski definition) is 2. The Morgan fingerprint density at radius 1 is 0.882 bits per heavy atom. The highest BCUT2D eigenvalue weighted by atomic mass is 35.5. The van der Waals surface area contributed by atoms with Crippen LogP contribution in [0.2, 0.25) is 10.0 Å². The minimum Gasteiger partial charge on any atom is -0.493 e. The number of ether oxygens (including phenoxy) is 4. The third kappa shape index (κ3) is 10.1. The molecule has 274 valence electrons. The number of carbonyl (C=O) groups is 2. The van der Waals surface area contributed by atoms with Crippen LogP contribution in [0.4, 0.5) is 0 Å². The first-order valence-electron chi connectivity index (χ1n) is 18.0. The van der Waals surface area contributed by atoms with E-state index in [1.54, 1.807) is 7.11 Å². The predicted octanol–water partition coefficient (Wildman–Crippen LogP) is 7.32. The SMILES string of the molecule is COCCCc1cc(CN(C(=O)[C@H]2CNCC[C@@H]2c2ccc(OCCOc3c(Cl)cc(C)cc3Cl)cc2)C2CC2)cc(OC[C@H]2C[C@H]2C(=O)O)c1. The molecule has 0 aromatic heterocycles. The summed E-state index contributed by atoms with van der Waals surface area (Å²) >= 11 is 12.6. The average molecular weight is 740 g/mol. The van der Waals surface area contributed by atoms with Gasteiger partial charge < -0.3 is 34.3 Å². The summed E-state index contributed by atoms with van der Waals surface area (Å²) in [4.78, 5) is 27.8. The van der Waals surface area contributed by atoms with Gasteiger partial charge in [-0.15, -0.1) is 0 Å². The van der Waals surface area contributed by atoms with E-state index in [1.807, 2.05) is 43.3 Å². The van der Waals surface area contributed by atoms with Crippen LogP contribution in [0.15, 0.2) is 54.6 Å². The number of halogens is 2. The summed E-state index contributed by atoms with van der Waals surface area (Å²) in [6.45, 7) is 5.58. The summed E-state index contributed by atoms with van der Waals surface area (Å²) in [6, 6.07) is 18.2. The van der Waals surface area contributed by atoms with Crippen molar-refractivity contribution in [2.75, 3.05) is 46.6 Å². The molecule has 6 rings (SSSR count). The van der Waals surface area contributed by atoms with Crippen LogP contribution in [0.25, 0.3) is 0 Å². The molecule has 3 aliphatic rings. The molecule has 11 heteroatoms. The molecule has 0 bridgehead atoms. The number of methoxy groups -OCH3 is 1. The molecule has 1 amide bonds. The topological polar surface area (TPSA) is 107 Å². The number of aryl methyl sites for hydroxylation is 2. The van der Waals surface area contributed by atoms with Crippen LogP contribution in [-0.4, -0.2) is 74.6 Å². The van der Waals surface area contributed by atoms with Gasteiger partial charge in [0.1, 0.15) is 24.7 Å². The minimum absolute atomic E-state index is 0.0429. The highest BCUT2D eigenvalue weighted by molar-refractivity contribution is 6.37. The molecule has 1 aliphatic heterocycles. The number of nitrogens with one attached hydrogen (secondary N) is 1. The van der Waals surface area contributed by atoms with Crippen molar-refractivity contribution in [2.45, 2.75) is 64.0 Å².